The Morgan fingerprint density at radius 1 is 1.40 bits per heavy atom. The summed E-state index contributed by atoms with van der Waals surface area (Å²) in [5.41, 5.74) is 2.25. The van der Waals surface area contributed by atoms with Gasteiger partial charge in [-0.2, -0.15) is 0 Å². The second-order valence-corrected chi connectivity index (χ2v) is 6.07. The number of aliphatic hydroxyl groups is 1. The first-order valence-electron chi connectivity index (χ1n) is 7.68. The third-order valence-corrected chi connectivity index (χ3v) is 4.29. The predicted molar refractivity (Wildman–Crippen MR) is 82.3 cm³/mol. The largest absolute Gasteiger partial charge is 0.490 e. The number of likely N-dealkylation sites (N-methyl/N-ethyl adjacent to an activating group) is 1. The van der Waals surface area contributed by atoms with Crippen LogP contribution in [0.4, 0.5) is 0 Å². The van der Waals surface area contributed by atoms with Gasteiger partial charge in [-0.3, -0.25) is 0 Å². The van der Waals surface area contributed by atoms with Crippen molar-refractivity contribution in [2.45, 2.75) is 58.1 Å². The van der Waals surface area contributed by atoms with E-state index in [0.29, 0.717) is 0 Å². The summed E-state index contributed by atoms with van der Waals surface area (Å²) in [6, 6.07) is 6.33. The van der Waals surface area contributed by atoms with Gasteiger partial charge >= 0.3 is 0 Å². The minimum Gasteiger partial charge on any atom is -0.490 e. The van der Waals surface area contributed by atoms with Crippen molar-refractivity contribution < 1.29 is 9.84 Å². The molecule has 1 saturated carbocycles. The summed E-state index contributed by atoms with van der Waals surface area (Å²) in [5, 5.41) is 13.2. The molecule has 0 heterocycles. The molecular formula is C17H27NO2. The monoisotopic (exact) mass is 277 g/mol. The van der Waals surface area contributed by atoms with Crippen LogP contribution < -0.4 is 10.1 Å². The highest BCUT2D eigenvalue weighted by Gasteiger charge is 2.36. The number of hydrogen-bond donors (Lipinski definition) is 2. The fourth-order valence-corrected chi connectivity index (χ4v) is 3.16. The van der Waals surface area contributed by atoms with Crippen molar-refractivity contribution in [1.29, 1.82) is 0 Å². The van der Waals surface area contributed by atoms with Gasteiger partial charge in [0.1, 0.15) is 11.9 Å². The average molecular weight is 277 g/mol. The molecule has 0 spiro atoms. The molecule has 1 aromatic rings. The van der Waals surface area contributed by atoms with Gasteiger partial charge in [0.2, 0.25) is 0 Å². The van der Waals surface area contributed by atoms with Crippen LogP contribution in [0.3, 0.4) is 0 Å². The Morgan fingerprint density at radius 2 is 2.20 bits per heavy atom. The van der Waals surface area contributed by atoms with Gasteiger partial charge in [-0.25, -0.2) is 0 Å². The molecule has 1 aliphatic rings. The zero-order valence-corrected chi connectivity index (χ0v) is 12.9. The van der Waals surface area contributed by atoms with Crippen molar-refractivity contribution in [3.63, 3.8) is 0 Å². The first-order valence-corrected chi connectivity index (χ1v) is 7.68. The summed E-state index contributed by atoms with van der Waals surface area (Å²) >= 11 is 0. The van der Waals surface area contributed by atoms with E-state index in [1.165, 1.54) is 11.1 Å². The molecule has 0 aromatic heterocycles. The molecule has 2 unspecified atom stereocenters. The van der Waals surface area contributed by atoms with Crippen LogP contribution >= 0.6 is 0 Å². The molecule has 1 aliphatic carbocycles. The van der Waals surface area contributed by atoms with Crippen molar-refractivity contribution in [3.8, 4) is 5.75 Å². The molecule has 3 nitrogen and oxygen atoms in total. The van der Waals surface area contributed by atoms with E-state index in [4.69, 9.17) is 4.74 Å². The minimum absolute atomic E-state index is 0.157. The Hall–Kier alpha value is -1.06. The third kappa shape index (κ3) is 3.53. The van der Waals surface area contributed by atoms with E-state index in [-0.39, 0.29) is 18.2 Å². The number of rotatable bonds is 5. The smallest absolute Gasteiger partial charge is 0.122 e. The van der Waals surface area contributed by atoms with Gasteiger partial charge in [-0.1, -0.05) is 19.1 Å². The van der Waals surface area contributed by atoms with Crippen LogP contribution in [0.25, 0.3) is 0 Å². The van der Waals surface area contributed by atoms with E-state index in [2.05, 4.69) is 44.3 Å². The normalized spacial score (nSPS) is 26.5. The summed E-state index contributed by atoms with van der Waals surface area (Å²) in [6.45, 7) is 7.34. The molecule has 0 radical (unpaired) electrons. The quantitative estimate of drug-likeness (QED) is 0.869. The van der Waals surface area contributed by atoms with Crippen LogP contribution in [0.5, 0.6) is 5.75 Å². The summed E-state index contributed by atoms with van der Waals surface area (Å²) in [5.74, 6) is 0.986. The second-order valence-electron chi connectivity index (χ2n) is 6.07. The fourth-order valence-electron chi connectivity index (χ4n) is 3.16. The molecule has 2 N–H and O–H groups in total. The van der Waals surface area contributed by atoms with E-state index in [9.17, 15) is 5.11 Å². The van der Waals surface area contributed by atoms with Gasteiger partial charge in [0.25, 0.3) is 0 Å². The number of hydrogen-bond acceptors (Lipinski definition) is 3. The highest BCUT2D eigenvalue weighted by molar-refractivity contribution is 5.36. The maximum Gasteiger partial charge on any atom is 0.122 e. The standard InChI is InChI=1S/C17H27NO2/c1-4-18-17(12-19)9-5-6-15(11-17)20-16-10-13(2)7-8-14(16)3/h7-8,10,15,18-19H,4-6,9,11-12H2,1-3H3. The van der Waals surface area contributed by atoms with Gasteiger partial charge in [0.05, 0.1) is 6.61 Å². The predicted octanol–water partition coefficient (Wildman–Crippen LogP) is 2.97. The van der Waals surface area contributed by atoms with E-state index in [0.717, 1.165) is 38.0 Å². The van der Waals surface area contributed by atoms with Gasteiger partial charge < -0.3 is 15.2 Å². The van der Waals surface area contributed by atoms with E-state index in [1.807, 2.05) is 0 Å². The van der Waals surface area contributed by atoms with Crippen LogP contribution in [0.15, 0.2) is 18.2 Å². The number of ether oxygens (including phenoxy) is 1. The maximum atomic E-state index is 9.74. The summed E-state index contributed by atoms with van der Waals surface area (Å²) in [6.07, 6.45) is 4.27. The van der Waals surface area contributed by atoms with E-state index >= 15 is 0 Å². The molecule has 0 aliphatic heterocycles. The van der Waals surface area contributed by atoms with Crippen molar-refractivity contribution in [1.82, 2.24) is 5.32 Å². The van der Waals surface area contributed by atoms with Gasteiger partial charge in [0, 0.05) is 12.0 Å². The maximum absolute atomic E-state index is 9.74. The molecule has 1 fully saturated rings. The lowest BCUT2D eigenvalue weighted by Crippen LogP contribution is -2.53. The van der Waals surface area contributed by atoms with Crippen molar-refractivity contribution in [3.05, 3.63) is 29.3 Å². The number of benzene rings is 1. The summed E-state index contributed by atoms with van der Waals surface area (Å²) in [4.78, 5) is 0. The summed E-state index contributed by atoms with van der Waals surface area (Å²) in [7, 11) is 0. The third-order valence-electron chi connectivity index (χ3n) is 4.29. The van der Waals surface area contributed by atoms with Crippen LogP contribution in [-0.4, -0.2) is 29.9 Å². The average Bonchev–Trinajstić information content (AvgIpc) is 2.44. The van der Waals surface area contributed by atoms with Crippen molar-refractivity contribution in [2.75, 3.05) is 13.2 Å². The minimum atomic E-state index is -0.157. The molecule has 0 bridgehead atoms. The zero-order valence-electron chi connectivity index (χ0n) is 12.9. The highest BCUT2D eigenvalue weighted by Crippen LogP contribution is 2.32. The van der Waals surface area contributed by atoms with Crippen LogP contribution in [0.2, 0.25) is 0 Å². The molecule has 0 amide bonds. The Labute approximate surface area is 122 Å². The summed E-state index contributed by atoms with van der Waals surface area (Å²) < 4.78 is 6.22. The SMILES string of the molecule is CCNC1(CO)CCCC(Oc2cc(C)ccc2C)C1. The fraction of sp³-hybridized carbons (Fsp3) is 0.647. The number of aliphatic hydroxyl groups excluding tert-OH is 1. The zero-order chi connectivity index (χ0) is 14.6. The molecule has 0 saturated heterocycles. The Morgan fingerprint density at radius 3 is 2.90 bits per heavy atom. The van der Waals surface area contributed by atoms with Crippen LogP contribution in [0.1, 0.15) is 43.7 Å². The first kappa shape index (κ1) is 15.3. The van der Waals surface area contributed by atoms with E-state index < -0.39 is 0 Å². The lowest BCUT2D eigenvalue weighted by atomic mass is 9.80. The molecule has 3 heteroatoms. The van der Waals surface area contributed by atoms with E-state index in [1.54, 1.807) is 0 Å². The van der Waals surface area contributed by atoms with Crippen LogP contribution in [0, 0.1) is 13.8 Å². The lowest BCUT2D eigenvalue weighted by Gasteiger charge is -2.40. The second kappa shape index (κ2) is 6.59. The van der Waals surface area contributed by atoms with Crippen LogP contribution in [-0.2, 0) is 0 Å². The van der Waals surface area contributed by atoms with Gasteiger partial charge in [-0.15, -0.1) is 0 Å². The topological polar surface area (TPSA) is 41.5 Å². The van der Waals surface area contributed by atoms with Crippen molar-refractivity contribution >= 4 is 0 Å². The molecular weight excluding hydrogens is 250 g/mol. The molecule has 112 valence electrons. The molecule has 2 atom stereocenters. The first-order chi connectivity index (χ1) is 9.58. The molecule has 2 rings (SSSR count). The Bertz CT molecular complexity index is 443. The number of nitrogens with one attached hydrogen (secondary N) is 1. The lowest BCUT2D eigenvalue weighted by molar-refractivity contribution is 0.0516. The van der Waals surface area contributed by atoms with Gasteiger partial charge in [0.15, 0.2) is 0 Å². The Kier molecular flexibility index (Phi) is 5.06. The van der Waals surface area contributed by atoms with Crippen molar-refractivity contribution in [2.24, 2.45) is 0 Å². The molecule has 1 aromatic carbocycles. The number of aryl methyl sites for hydroxylation is 2. The highest BCUT2D eigenvalue weighted by atomic mass is 16.5. The molecule has 20 heavy (non-hydrogen) atoms. The van der Waals surface area contributed by atoms with Gasteiger partial charge in [-0.05, 0) is 56.8 Å². The Balaban J connectivity index is 2.07.